The summed E-state index contributed by atoms with van der Waals surface area (Å²) in [6.07, 6.45) is -9.91. The van der Waals surface area contributed by atoms with Crippen LogP contribution in [0.2, 0.25) is 0 Å². The average Bonchev–Trinajstić information content (AvgIpc) is 2.39. The van der Waals surface area contributed by atoms with Gasteiger partial charge in [-0.3, -0.25) is 0 Å². The minimum absolute atomic E-state index is 0.395. The van der Waals surface area contributed by atoms with Crippen molar-refractivity contribution in [3.05, 3.63) is 12.2 Å². The first-order valence-corrected chi connectivity index (χ1v) is 9.23. The van der Waals surface area contributed by atoms with Crippen molar-refractivity contribution in [1.82, 2.24) is 0 Å². The fourth-order valence-corrected chi connectivity index (χ4v) is 5.04. The molecule has 0 aromatic heterocycles. The van der Waals surface area contributed by atoms with Gasteiger partial charge in [0.15, 0.2) is 4.58 Å². The number of carbonyl (C=O) groups is 1. The predicted molar refractivity (Wildman–Crippen MR) is 69.1 cm³/mol. The van der Waals surface area contributed by atoms with E-state index in [1.807, 2.05) is 0 Å². The molecule has 27 heavy (non-hydrogen) atoms. The van der Waals surface area contributed by atoms with Crippen molar-refractivity contribution in [2.75, 3.05) is 0 Å². The SMILES string of the molecule is C=C(C(=O)OC(C)CC(S(=O)(=O)C(F)(F)F)S(=O)(=O)C(F)(F)F)C(F)(F)F. The number of alkyl halides is 9. The van der Waals surface area contributed by atoms with Gasteiger partial charge in [-0.05, 0) is 6.92 Å². The zero-order valence-corrected chi connectivity index (χ0v) is 14.4. The standard InChI is InChI=1S/C10H9F9O6S2/c1-4(25-7(20)5(2)8(11,12)13)3-6(26(21,22)9(14,15)16)27(23,24)10(17,18)19/h4,6H,2-3H2,1H3. The third-order valence-electron chi connectivity index (χ3n) is 2.76. The van der Waals surface area contributed by atoms with Crippen LogP contribution < -0.4 is 0 Å². The number of esters is 1. The van der Waals surface area contributed by atoms with Crippen LogP contribution in [-0.4, -0.2) is 50.7 Å². The van der Waals surface area contributed by atoms with Gasteiger partial charge in [-0.15, -0.1) is 0 Å². The van der Waals surface area contributed by atoms with E-state index < -0.39 is 65.5 Å². The highest BCUT2D eigenvalue weighted by Gasteiger charge is 2.63. The Balaban J connectivity index is 5.92. The molecule has 6 nitrogen and oxygen atoms in total. The lowest BCUT2D eigenvalue weighted by molar-refractivity contribution is -0.154. The molecule has 1 unspecified atom stereocenters. The van der Waals surface area contributed by atoms with E-state index in [2.05, 4.69) is 11.3 Å². The molecule has 0 spiro atoms. The number of carbonyl (C=O) groups excluding carboxylic acids is 1. The second-order valence-electron chi connectivity index (χ2n) is 4.84. The van der Waals surface area contributed by atoms with Crippen LogP contribution in [0.3, 0.4) is 0 Å². The van der Waals surface area contributed by atoms with Gasteiger partial charge in [0.2, 0.25) is 0 Å². The normalized spacial score (nSPS) is 15.5. The monoisotopic (exact) mass is 460 g/mol. The van der Waals surface area contributed by atoms with Gasteiger partial charge in [0, 0.05) is 6.42 Å². The van der Waals surface area contributed by atoms with Gasteiger partial charge in [0.05, 0.1) is 0 Å². The van der Waals surface area contributed by atoms with Gasteiger partial charge in [0.1, 0.15) is 11.7 Å². The second kappa shape index (κ2) is 7.48. The number of ether oxygens (including phenoxy) is 1. The number of rotatable bonds is 6. The molecule has 0 heterocycles. The topological polar surface area (TPSA) is 94.6 Å². The van der Waals surface area contributed by atoms with Gasteiger partial charge in [-0.25, -0.2) is 21.6 Å². The fraction of sp³-hybridized carbons (Fsp3) is 0.700. The molecule has 0 aliphatic rings. The van der Waals surface area contributed by atoms with E-state index in [1.54, 1.807) is 0 Å². The summed E-state index contributed by atoms with van der Waals surface area (Å²) < 4.78 is 156. The maximum atomic E-state index is 12.5. The third-order valence-corrected chi connectivity index (χ3v) is 7.34. The molecule has 0 rings (SSSR count). The molecule has 0 aromatic carbocycles. The van der Waals surface area contributed by atoms with E-state index in [4.69, 9.17) is 0 Å². The minimum atomic E-state index is -7.00. The van der Waals surface area contributed by atoms with Crippen LogP contribution in [0.4, 0.5) is 39.5 Å². The van der Waals surface area contributed by atoms with Crippen LogP contribution in [0, 0.1) is 0 Å². The summed E-state index contributed by atoms with van der Waals surface area (Å²) in [6.45, 7) is 2.63. The average molecular weight is 460 g/mol. The van der Waals surface area contributed by atoms with Gasteiger partial charge in [-0.1, -0.05) is 6.58 Å². The summed E-state index contributed by atoms with van der Waals surface area (Å²) in [5.41, 5.74) is -15.1. The lowest BCUT2D eigenvalue weighted by Crippen LogP contribution is -2.46. The van der Waals surface area contributed by atoms with Gasteiger partial charge in [-0.2, -0.15) is 39.5 Å². The largest absolute Gasteiger partial charge is 0.498 e. The lowest BCUT2D eigenvalue weighted by atomic mass is 10.3. The maximum absolute atomic E-state index is 12.5. The summed E-state index contributed by atoms with van der Waals surface area (Å²) in [4.78, 5) is 11.1. The van der Waals surface area contributed by atoms with E-state index in [0.717, 1.165) is 0 Å². The Bertz CT molecular complexity index is 744. The van der Waals surface area contributed by atoms with Crippen LogP contribution in [0.1, 0.15) is 13.3 Å². The lowest BCUT2D eigenvalue weighted by Gasteiger charge is -2.23. The van der Waals surface area contributed by atoms with Crippen LogP contribution >= 0.6 is 0 Å². The van der Waals surface area contributed by atoms with Crippen LogP contribution in [0.5, 0.6) is 0 Å². The Labute approximate surface area is 145 Å². The Hall–Kier alpha value is -1.52. The summed E-state index contributed by atoms with van der Waals surface area (Å²) in [5, 5.41) is 0. The third kappa shape index (κ3) is 5.73. The van der Waals surface area contributed by atoms with E-state index in [-0.39, 0.29) is 0 Å². The van der Waals surface area contributed by atoms with Gasteiger partial charge < -0.3 is 4.74 Å². The molecule has 0 aromatic rings. The zero-order valence-electron chi connectivity index (χ0n) is 12.7. The molecule has 0 fully saturated rings. The molecule has 1 atom stereocenters. The molecule has 0 aliphatic heterocycles. The van der Waals surface area contributed by atoms with E-state index in [0.29, 0.717) is 6.92 Å². The highest BCUT2D eigenvalue weighted by Crippen LogP contribution is 2.38. The van der Waals surface area contributed by atoms with Gasteiger partial charge >= 0.3 is 23.2 Å². The van der Waals surface area contributed by atoms with Crippen molar-refractivity contribution < 1.29 is 65.9 Å². The van der Waals surface area contributed by atoms with Crippen molar-refractivity contribution in [3.8, 4) is 0 Å². The predicted octanol–water partition coefficient (Wildman–Crippen LogP) is 2.62. The zero-order chi connectivity index (χ0) is 22.2. The summed E-state index contributed by atoms with van der Waals surface area (Å²) in [7, 11) is -14.0. The summed E-state index contributed by atoms with van der Waals surface area (Å²) in [6, 6.07) is 0. The van der Waals surface area contributed by atoms with Gasteiger partial charge in [0.25, 0.3) is 19.7 Å². The van der Waals surface area contributed by atoms with Crippen LogP contribution in [0.25, 0.3) is 0 Å². The highest BCUT2D eigenvalue weighted by atomic mass is 32.3. The molecule has 0 bridgehead atoms. The maximum Gasteiger partial charge on any atom is 0.498 e. The first-order chi connectivity index (χ1) is 11.6. The molecule has 0 saturated heterocycles. The number of sulfone groups is 2. The first kappa shape index (κ1) is 25.5. The molecular weight excluding hydrogens is 451 g/mol. The molecular formula is C10H9F9O6S2. The van der Waals surface area contributed by atoms with Crippen molar-refractivity contribution in [2.45, 2.75) is 41.2 Å². The second-order valence-corrected chi connectivity index (χ2v) is 9.38. The molecule has 0 radical (unpaired) electrons. The first-order valence-electron chi connectivity index (χ1n) is 6.14. The quantitative estimate of drug-likeness (QED) is 0.344. The fourth-order valence-electron chi connectivity index (χ4n) is 1.41. The Morgan fingerprint density at radius 1 is 0.889 bits per heavy atom. The van der Waals surface area contributed by atoms with Crippen molar-refractivity contribution in [1.29, 1.82) is 0 Å². The summed E-state index contributed by atoms with van der Waals surface area (Å²) >= 11 is 0. The molecule has 0 saturated carbocycles. The Morgan fingerprint density at radius 2 is 1.22 bits per heavy atom. The Morgan fingerprint density at radius 3 is 1.48 bits per heavy atom. The molecule has 17 heteroatoms. The number of halogens is 9. The van der Waals surface area contributed by atoms with Crippen LogP contribution in [0.15, 0.2) is 12.2 Å². The van der Waals surface area contributed by atoms with Crippen molar-refractivity contribution in [2.24, 2.45) is 0 Å². The smallest absolute Gasteiger partial charge is 0.459 e. The Kier molecular flexibility index (Phi) is 7.06. The number of hydrogen-bond acceptors (Lipinski definition) is 6. The van der Waals surface area contributed by atoms with Crippen LogP contribution in [-0.2, 0) is 29.2 Å². The highest BCUT2D eigenvalue weighted by molar-refractivity contribution is 8.09. The van der Waals surface area contributed by atoms with Crippen molar-refractivity contribution >= 4 is 25.6 Å². The van der Waals surface area contributed by atoms with Crippen molar-refractivity contribution in [3.63, 3.8) is 0 Å². The molecule has 0 aliphatic carbocycles. The molecule has 160 valence electrons. The summed E-state index contributed by atoms with van der Waals surface area (Å²) in [5.74, 6) is -2.34. The molecule has 0 amide bonds. The minimum Gasteiger partial charge on any atom is -0.459 e. The molecule has 0 N–H and O–H groups in total. The van der Waals surface area contributed by atoms with E-state index >= 15 is 0 Å². The van der Waals surface area contributed by atoms with E-state index in [1.165, 1.54) is 0 Å². The number of hydrogen-bond donors (Lipinski definition) is 0. The van der Waals surface area contributed by atoms with E-state index in [9.17, 15) is 61.1 Å².